The molecule has 3 aromatic rings. The van der Waals surface area contributed by atoms with Crippen LogP contribution in [0.4, 0.5) is 0 Å². The predicted molar refractivity (Wildman–Crippen MR) is 151 cm³/mol. The second kappa shape index (κ2) is 10.0. The summed E-state index contributed by atoms with van der Waals surface area (Å²) in [6.45, 7) is 12.8. The summed E-state index contributed by atoms with van der Waals surface area (Å²) >= 11 is 6.66. The number of H-pyrrole nitrogens is 1. The van der Waals surface area contributed by atoms with Gasteiger partial charge in [0.2, 0.25) is 0 Å². The van der Waals surface area contributed by atoms with Crippen molar-refractivity contribution in [3.63, 3.8) is 0 Å². The van der Waals surface area contributed by atoms with Crippen molar-refractivity contribution in [1.82, 2.24) is 9.97 Å². The van der Waals surface area contributed by atoms with Gasteiger partial charge in [0.25, 0.3) is 0 Å². The van der Waals surface area contributed by atoms with Crippen LogP contribution in [0.5, 0.6) is 11.5 Å². The first-order valence-electron chi connectivity index (χ1n) is 12.5. The highest BCUT2D eigenvalue weighted by Crippen LogP contribution is 2.45. The summed E-state index contributed by atoms with van der Waals surface area (Å²) in [6.07, 6.45) is 3.67. The summed E-state index contributed by atoms with van der Waals surface area (Å²) < 4.78 is 11.0. The Morgan fingerprint density at radius 3 is 2.00 bits per heavy atom. The molecule has 0 unspecified atom stereocenters. The molecule has 0 saturated heterocycles. The van der Waals surface area contributed by atoms with Gasteiger partial charge >= 0.3 is 0 Å². The van der Waals surface area contributed by atoms with E-state index in [1.54, 1.807) is 14.2 Å². The van der Waals surface area contributed by atoms with Gasteiger partial charge in [0.05, 0.1) is 37.6 Å². The Kier molecular flexibility index (Phi) is 7.33. The monoisotopic (exact) mass is 520 g/mol. The highest BCUT2D eigenvalue weighted by Gasteiger charge is 2.36. The standard InChI is InChI=1S/C31H37ClN2O3/c1-30(2,3)21-15-19(16-22(28(21)35)31(4,5)6)29-33-26(18-13-14-24(36-7)25(17-18)37-8)27(34-29)20-11-9-10-12-23(20)32/h9-17,19,28,35H,1-8H3,(H,33,34). The molecule has 4 rings (SSSR count). The number of rotatable bonds is 5. The van der Waals surface area contributed by atoms with E-state index in [-0.39, 0.29) is 16.7 Å². The second-order valence-electron chi connectivity index (χ2n) is 11.6. The molecule has 0 radical (unpaired) electrons. The lowest BCUT2D eigenvalue weighted by atomic mass is 9.70. The molecule has 0 amide bonds. The van der Waals surface area contributed by atoms with E-state index in [0.717, 1.165) is 39.5 Å². The molecule has 0 spiro atoms. The van der Waals surface area contributed by atoms with Gasteiger partial charge in [-0.05, 0) is 46.2 Å². The Bertz CT molecular complexity index is 1320. The van der Waals surface area contributed by atoms with Gasteiger partial charge in [0.1, 0.15) is 5.82 Å². The van der Waals surface area contributed by atoms with Crippen LogP contribution in [0.15, 0.2) is 65.8 Å². The highest BCUT2D eigenvalue weighted by molar-refractivity contribution is 6.33. The van der Waals surface area contributed by atoms with E-state index in [4.69, 9.17) is 26.1 Å². The van der Waals surface area contributed by atoms with E-state index < -0.39 is 6.10 Å². The summed E-state index contributed by atoms with van der Waals surface area (Å²) in [5.74, 6) is 1.93. The highest BCUT2D eigenvalue weighted by atomic mass is 35.5. The molecule has 1 aliphatic rings. The lowest BCUT2D eigenvalue weighted by molar-refractivity contribution is 0.189. The third-order valence-electron chi connectivity index (χ3n) is 6.88. The topological polar surface area (TPSA) is 67.4 Å². The molecule has 0 atom stereocenters. The molecule has 1 aliphatic carbocycles. The molecule has 0 fully saturated rings. The zero-order valence-corrected chi connectivity index (χ0v) is 23.7. The van der Waals surface area contributed by atoms with Crippen molar-refractivity contribution in [3.05, 3.63) is 76.6 Å². The fourth-order valence-electron chi connectivity index (χ4n) is 4.86. The van der Waals surface area contributed by atoms with Crippen LogP contribution in [0.2, 0.25) is 5.02 Å². The van der Waals surface area contributed by atoms with Crippen LogP contribution in [0.1, 0.15) is 53.3 Å². The van der Waals surface area contributed by atoms with Crippen molar-refractivity contribution in [2.24, 2.45) is 10.8 Å². The van der Waals surface area contributed by atoms with Crippen LogP contribution in [-0.2, 0) is 0 Å². The molecule has 0 bridgehead atoms. The van der Waals surface area contributed by atoms with Crippen LogP contribution in [-0.4, -0.2) is 35.4 Å². The number of aliphatic hydroxyl groups is 1. The van der Waals surface area contributed by atoms with Gasteiger partial charge in [0, 0.05) is 16.1 Å². The number of methoxy groups -OCH3 is 2. The van der Waals surface area contributed by atoms with E-state index >= 15 is 0 Å². The van der Waals surface area contributed by atoms with Crippen LogP contribution in [0, 0.1) is 10.8 Å². The minimum absolute atomic E-state index is 0.137. The van der Waals surface area contributed by atoms with Gasteiger partial charge in [-0.25, -0.2) is 4.98 Å². The minimum Gasteiger partial charge on any atom is -0.493 e. The number of hydrogen-bond donors (Lipinski definition) is 2. The Labute approximate surface area is 225 Å². The molecule has 2 N–H and O–H groups in total. The van der Waals surface area contributed by atoms with Crippen molar-refractivity contribution in [2.45, 2.75) is 53.6 Å². The van der Waals surface area contributed by atoms with Crippen molar-refractivity contribution in [3.8, 4) is 34.0 Å². The number of benzene rings is 2. The van der Waals surface area contributed by atoms with Crippen LogP contribution in [0.25, 0.3) is 22.5 Å². The average Bonchev–Trinajstić information content (AvgIpc) is 3.27. The Morgan fingerprint density at radius 2 is 1.46 bits per heavy atom. The molecule has 0 aliphatic heterocycles. The Morgan fingerprint density at radius 1 is 0.865 bits per heavy atom. The molecule has 1 heterocycles. The zero-order valence-electron chi connectivity index (χ0n) is 22.9. The number of aliphatic hydroxyl groups excluding tert-OH is 1. The lowest BCUT2D eigenvalue weighted by Gasteiger charge is -2.38. The number of aromatic nitrogens is 2. The van der Waals surface area contributed by atoms with E-state index in [9.17, 15) is 5.11 Å². The van der Waals surface area contributed by atoms with Crippen molar-refractivity contribution in [2.75, 3.05) is 14.2 Å². The van der Waals surface area contributed by atoms with Gasteiger partial charge < -0.3 is 19.6 Å². The second-order valence-corrected chi connectivity index (χ2v) is 12.0. The van der Waals surface area contributed by atoms with Gasteiger partial charge in [-0.3, -0.25) is 0 Å². The maximum absolute atomic E-state index is 11.3. The first-order chi connectivity index (χ1) is 17.3. The molecule has 0 saturated carbocycles. The minimum atomic E-state index is -0.625. The number of nitrogens with zero attached hydrogens (tertiary/aromatic N) is 1. The number of halogens is 1. The summed E-state index contributed by atoms with van der Waals surface area (Å²) in [7, 11) is 3.24. The van der Waals surface area contributed by atoms with E-state index in [2.05, 4.69) is 58.7 Å². The predicted octanol–water partition coefficient (Wildman–Crippen LogP) is 7.82. The van der Waals surface area contributed by atoms with Crippen molar-refractivity contribution < 1.29 is 14.6 Å². The van der Waals surface area contributed by atoms with E-state index in [1.165, 1.54) is 0 Å². The number of imidazole rings is 1. The van der Waals surface area contributed by atoms with Crippen LogP contribution >= 0.6 is 11.6 Å². The summed E-state index contributed by atoms with van der Waals surface area (Å²) in [5.41, 5.74) is 4.93. The molecular formula is C31H37ClN2O3. The molecule has 1 aromatic heterocycles. The maximum Gasteiger partial charge on any atom is 0.161 e. The van der Waals surface area contributed by atoms with Crippen molar-refractivity contribution in [1.29, 1.82) is 0 Å². The van der Waals surface area contributed by atoms with Crippen LogP contribution in [0.3, 0.4) is 0 Å². The van der Waals surface area contributed by atoms with E-state index in [0.29, 0.717) is 16.5 Å². The third-order valence-corrected chi connectivity index (χ3v) is 7.21. The smallest absolute Gasteiger partial charge is 0.161 e. The summed E-state index contributed by atoms with van der Waals surface area (Å²) in [4.78, 5) is 8.72. The molecule has 6 heteroatoms. The quantitative estimate of drug-likeness (QED) is 0.336. The van der Waals surface area contributed by atoms with Gasteiger partial charge in [0.15, 0.2) is 11.5 Å². The fraction of sp³-hybridized carbons (Fsp3) is 0.387. The Hall–Kier alpha value is -3.02. The molecule has 5 nitrogen and oxygen atoms in total. The van der Waals surface area contributed by atoms with Crippen molar-refractivity contribution >= 4 is 11.6 Å². The largest absolute Gasteiger partial charge is 0.493 e. The SMILES string of the molecule is COc1ccc(-c2nc(C3C=C(C(C)(C)C)C(O)C(C(C)(C)C)=C3)[nH]c2-c2ccccc2Cl)cc1OC. The third kappa shape index (κ3) is 5.34. The Balaban J connectivity index is 1.95. The number of nitrogens with one attached hydrogen (secondary N) is 1. The fourth-order valence-corrected chi connectivity index (χ4v) is 5.09. The number of allylic oxidation sites excluding steroid dienone is 2. The number of hydrogen-bond acceptors (Lipinski definition) is 4. The summed E-state index contributed by atoms with van der Waals surface area (Å²) in [5, 5.41) is 11.9. The number of aromatic amines is 1. The van der Waals surface area contributed by atoms with Crippen LogP contribution < -0.4 is 9.47 Å². The first kappa shape index (κ1) is 27.0. The lowest BCUT2D eigenvalue weighted by Crippen LogP contribution is -2.32. The number of ether oxygens (including phenoxy) is 2. The van der Waals surface area contributed by atoms with Gasteiger partial charge in [-0.1, -0.05) is 83.5 Å². The average molecular weight is 521 g/mol. The zero-order chi connectivity index (χ0) is 27.1. The normalized spacial score (nSPS) is 18.3. The molecule has 196 valence electrons. The van der Waals surface area contributed by atoms with Gasteiger partial charge in [-0.2, -0.15) is 0 Å². The van der Waals surface area contributed by atoms with E-state index in [1.807, 2.05) is 42.5 Å². The van der Waals surface area contributed by atoms with Gasteiger partial charge in [-0.15, -0.1) is 0 Å². The summed E-state index contributed by atoms with van der Waals surface area (Å²) in [6, 6.07) is 13.5. The molecule has 2 aromatic carbocycles. The maximum atomic E-state index is 11.3. The first-order valence-corrected chi connectivity index (χ1v) is 12.9. The molecular weight excluding hydrogens is 484 g/mol. The molecule has 37 heavy (non-hydrogen) atoms.